The molecule has 3 aromatic rings. The van der Waals surface area contributed by atoms with Crippen molar-refractivity contribution in [3.63, 3.8) is 0 Å². The smallest absolute Gasteiger partial charge is 0.128 e. The molecule has 0 amide bonds. The second-order valence-electron chi connectivity index (χ2n) is 6.88. The molecular formula is C21H26N4O. The highest BCUT2D eigenvalue weighted by Crippen LogP contribution is 2.27. The van der Waals surface area contributed by atoms with E-state index in [-0.39, 0.29) is 0 Å². The van der Waals surface area contributed by atoms with Crippen molar-refractivity contribution in [3.8, 4) is 0 Å². The van der Waals surface area contributed by atoms with Crippen LogP contribution in [0.2, 0.25) is 0 Å². The molecule has 1 aromatic carbocycles. The van der Waals surface area contributed by atoms with E-state index in [4.69, 9.17) is 0 Å². The monoisotopic (exact) mass is 350 g/mol. The van der Waals surface area contributed by atoms with Crippen molar-refractivity contribution in [2.75, 3.05) is 37.6 Å². The Morgan fingerprint density at radius 2 is 1.81 bits per heavy atom. The largest absolute Gasteiger partial charge is 0.387 e. The van der Waals surface area contributed by atoms with Crippen LogP contribution in [0.15, 0.2) is 54.9 Å². The molecule has 0 saturated carbocycles. The number of piperazine rings is 1. The molecule has 26 heavy (non-hydrogen) atoms. The van der Waals surface area contributed by atoms with E-state index in [1.54, 1.807) is 0 Å². The van der Waals surface area contributed by atoms with Gasteiger partial charge < -0.3 is 14.6 Å². The van der Waals surface area contributed by atoms with Gasteiger partial charge in [-0.2, -0.15) is 0 Å². The van der Waals surface area contributed by atoms with Crippen LogP contribution in [0.25, 0.3) is 10.9 Å². The van der Waals surface area contributed by atoms with Gasteiger partial charge in [-0.25, -0.2) is 4.98 Å². The first-order valence-corrected chi connectivity index (χ1v) is 9.40. The number of hydrogen-bond acceptors (Lipinski definition) is 4. The zero-order chi connectivity index (χ0) is 17.9. The summed E-state index contributed by atoms with van der Waals surface area (Å²) in [6.07, 6.45) is 3.49. The van der Waals surface area contributed by atoms with Crippen LogP contribution in [0.3, 0.4) is 0 Å². The number of pyridine rings is 1. The van der Waals surface area contributed by atoms with Gasteiger partial charge in [0.15, 0.2) is 0 Å². The molecule has 1 atom stereocenters. The van der Waals surface area contributed by atoms with Gasteiger partial charge in [0.2, 0.25) is 0 Å². The Kier molecular flexibility index (Phi) is 4.91. The number of fused-ring (bicyclic) bond motifs is 1. The van der Waals surface area contributed by atoms with Crippen molar-refractivity contribution in [2.45, 2.75) is 19.6 Å². The molecule has 1 N–H and O–H groups in total. The van der Waals surface area contributed by atoms with Gasteiger partial charge >= 0.3 is 0 Å². The number of aliphatic hydroxyl groups excluding tert-OH is 1. The van der Waals surface area contributed by atoms with Crippen LogP contribution in [-0.2, 0) is 6.54 Å². The van der Waals surface area contributed by atoms with Crippen LogP contribution in [0.1, 0.15) is 18.6 Å². The Morgan fingerprint density at radius 1 is 1.04 bits per heavy atom. The maximum atomic E-state index is 10.9. The van der Waals surface area contributed by atoms with Gasteiger partial charge in [0.1, 0.15) is 5.82 Å². The Bertz CT molecular complexity index is 853. The molecule has 5 nitrogen and oxygen atoms in total. The minimum atomic E-state index is -0.464. The Labute approximate surface area is 154 Å². The van der Waals surface area contributed by atoms with Crippen molar-refractivity contribution in [2.24, 2.45) is 0 Å². The molecule has 2 aromatic heterocycles. The van der Waals surface area contributed by atoms with E-state index < -0.39 is 6.10 Å². The first-order chi connectivity index (χ1) is 12.8. The third-order valence-electron chi connectivity index (χ3n) is 5.30. The molecule has 5 heteroatoms. The lowest BCUT2D eigenvalue weighted by atomic mass is 10.1. The number of para-hydroxylation sites is 1. The maximum Gasteiger partial charge on any atom is 0.128 e. The van der Waals surface area contributed by atoms with Gasteiger partial charge in [-0.1, -0.05) is 24.3 Å². The Balaban J connectivity index is 1.43. The zero-order valence-corrected chi connectivity index (χ0v) is 15.3. The lowest BCUT2D eigenvalue weighted by Crippen LogP contribution is -2.47. The molecule has 136 valence electrons. The quantitative estimate of drug-likeness (QED) is 0.768. The summed E-state index contributed by atoms with van der Waals surface area (Å²) >= 11 is 0. The second kappa shape index (κ2) is 7.48. The highest BCUT2D eigenvalue weighted by atomic mass is 16.3. The molecule has 3 heterocycles. The molecule has 0 unspecified atom stereocenters. The van der Waals surface area contributed by atoms with Crippen molar-refractivity contribution < 1.29 is 5.11 Å². The van der Waals surface area contributed by atoms with Crippen molar-refractivity contribution in [1.82, 2.24) is 14.5 Å². The summed E-state index contributed by atoms with van der Waals surface area (Å²) < 4.78 is 2.22. The summed E-state index contributed by atoms with van der Waals surface area (Å²) in [5.41, 5.74) is 2.23. The first kappa shape index (κ1) is 17.1. The average molecular weight is 350 g/mol. The highest BCUT2D eigenvalue weighted by molar-refractivity contribution is 5.84. The highest BCUT2D eigenvalue weighted by Gasteiger charge is 2.22. The van der Waals surface area contributed by atoms with Crippen molar-refractivity contribution in [3.05, 3.63) is 60.4 Å². The minimum absolute atomic E-state index is 0.464. The van der Waals surface area contributed by atoms with Crippen LogP contribution >= 0.6 is 0 Å². The van der Waals surface area contributed by atoms with Crippen LogP contribution in [0, 0.1) is 0 Å². The summed E-state index contributed by atoms with van der Waals surface area (Å²) in [6, 6.07) is 14.4. The molecular weight excluding hydrogens is 324 g/mol. The van der Waals surface area contributed by atoms with Gasteiger partial charge in [-0.05, 0) is 25.1 Å². The number of β-amino-alcohol motifs (C(OH)–C–C–N with tert-alkyl or cyclic N) is 1. The molecule has 0 aliphatic carbocycles. The number of aliphatic hydroxyl groups is 1. The topological polar surface area (TPSA) is 44.5 Å². The predicted molar refractivity (Wildman–Crippen MR) is 105 cm³/mol. The van der Waals surface area contributed by atoms with E-state index in [0.29, 0.717) is 6.54 Å². The zero-order valence-electron chi connectivity index (χ0n) is 15.3. The van der Waals surface area contributed by atoms with E-state index in [2.05, 4.69) is 56.7 Å². The molecule has 0 radical (unpaired) electrons. The first-order valence-electron chi connectivity index (χ1n) is 9.40. The van der Waals surface area contributed by atoms with E-state index in [1.165, 1.54) is 5.52 Å². The van der Waals surface area contributed by atoms with Crippen LogP contribution in [0.4, 0.5) is 5.82 Å². The van der Waals surface area contributed by atoms with E-state index in [9.17, 15) is 5.11 Å². The fourth-order valence-electron chi connectivity index (χ4n) is 3.85. The van der Waals surface area contributed by atoms with Gasteiger partial charge in [0, 0.05) is 68.1 Å². The number of anilines is 1. The van der Waals surface area contributed by atoms with Crippen molar-refractivity contribution in [1.29, 1.82) is 0 Å². The fraction of sp³-hybridized carbons (Fsp3) is 0.381. The van der Waals surface area contributed by atoms with Crippen molar-refractivity contribution >= 4 is 16.7 Å². The standard InChI is InChI=1S/C21H26N4O/c1-2-24-15-18(17-7-3-4-8-19(17)24)20(26)16-23-11-13-25(14-12-23)21-9-5-6-10-22-21/h3-10,15,20,26H,2,11-14,16H2,1H3/t20-/m0/s1. The number of aryl methyl sites for hydroxylation is 1. The third kappa shape index (κ3) is 3.32. The predicted octanol–water partition coefficient (Wildman–Crippen LogP) is 2.91. The van der Waals surface area contributed by atoms with Gasteiger partial charge in [-0.3, -0.25) is 4.90 Å². The molecule has 1 fully saturated rings. The summed E-state index contributed by atoms with van der Waals surface area (Å²) in [7, 11) is 0. The number of hydrogen-bond donors (Lipinski definition) is 1. The van der Waals surface area contributed by atoms with Gasteiger partial charge in [0.05, 0.1) is 6.10 Å². The number of nitrogens with zero attached hydrogens (tertiary/aromatic N) is 4. The summed E-state index contributed by atoms with van der Waals surface area (Å²) in [4.78, 5) is 9.10. The maximum absolute atomic E-state index is 10.9. The number of benzene rings is 1. The third-order valence-corrected chi connectivity index (χ3v) is 5.30. The number of rotatable bonds is 5. The molecule has 1 aliphatic heterocycles. The summed E-state index contributed by atoms with van der Waals surface area (Å²) in [5, 5.41) is 12.0. The minimum Gasteiger partial charge on any atom is -0.387 e. The molecule has 1 aliphatic rings. The molecule has 0 bridgehead atoms. The lowest BCUT2D eigenvalue weighted by Gasteiger charge is -2.36. The average Bonchev–Trinajstić information content (AvgIpc) is 3.08. The Morgan fingerprint density at radius 3 is 2.54 bits per heavy atom. The SMILES string of the molecule is CCn1cc([C@@H](O)CN2CCN(c3ccccn3)CC2)c2ccccc21. The summed E-state index contributed by atoms with van der Waals surface area (Å²) in [6.45, 7) is 7.50. The van der Waals surface area contributed by atoms with Gasteiger partial charge in [0.25, 0.3) is 0 Å². The summed E-state index contributed by atoms with van der Waals surface area (Å²) in [5.74, 6) is 1.04. The van der Waals surface area contributed by atoms with E-state index >= 15 is 0 Å². The second-order valence-corrected chi connectivity index (χ2v) is 6.88. The van der Waals surface area contributed by atoms with E-state index in [0.717, 1.165) is 49.5 Å². The lowest BCUT2D eigenvalue weighted by molar-refractivity contribution is 0.110. The van der Waals surface area contributed by atoms with E-state index in [1.807, 2.05) is 24.4 Å². The van der Waals surface area contributed by atoms with Crippen LogP contribution < -0.4 is 4.90 Å². The number of aromatic nitrogens is 2. The van der Waals surface area contributed by atoms with Gasteiger partial charge in [-0.15, -0.1) is 0 Å². The molecule has 0 spiro atoms. The normalized spacial score (nSPS) is 16.9. The molecule has 1 saturated heterocycles. The molecule has 4 rings (SSSR count). The Hall–Kier alpha value is -2.37. The van der Waals surface area contributed by atoms with Crippen LogP contribution in [0.5, 0.6) is 0 Å². The van der Waals surface area contributed by atoms with Crippen LogP contribution in [-0.4, -0.2) is 52.3 Å². The fourth-order valence-corrected chi connectivity index (χ4v) is 3.85.